The Kier molecular flexibility index (Phi) is 9.06. The van der Waals surface area contributed by atoms with Crippen molar-refractivity contribution in [3.63, 3.8) is 0 Å². The fourth-order valence-electron chi connectivity index (χ4n) is 7.30. The van der Waals surface area contributed by atoms with Crippen molar-refractivity contribution in [1.29, 1.82) is 0 Å². The summed E-state index contributed by atoms with van der Waals surface area (Å²) in [6, 6.07) is 6.27. The number of hydrogen-bond acceptors (Lipinski definition) is 2. The zero-order valence-corrected chi connectivity index (χ0v) is 20.5. The van der Waals surface area contributed by atoms with Crippen LogP contribution in [0, 0.1) is 29.5 Å². The van der Waals surface area contributed by atoms with E-state index in [0.29, 0.717) is 17.8 Å². The van der Waals surface area contributed by atoms with Gasteiger partial charge in [-0.3, -0.25) is 0 Å². The average molecular weight is 445 g/mol. The molecule has 3 aliphatic rings. The normalized spacial score (nSPS) is 30.0. The maximum absolute atomic E-state index is 15.1. The summed E-state index contributed by atoms with van der Waals surface area (Å²) < 4.78 is 26.0. The molecule has 0 atom stereocenters. The first-order valence-corrected chi connectivity index (χ1v) is 13.5. The molecule has 0 spiro atoms. The maximum Gasteiger partial charge on any atom is 0.126 e. The molecule has 0 aromatic heterocycles. The second-order valence-corrected chi connectivity index (χ2v) is 11.1. The van der Waals surface area contributed by atoms with E-state index < -0.39 is 0 Å². The Morgan fingerprint density at radius 3 is 1.91 bits per heavy atom. The first kappa shape index (κ1) is 24.2. The Morgan fingerprint density at radius 1 is 0.750 bits per heavy atom. The molecule has 1 aromatic carbocycles. The molecule has 0 amide bonds. The predicted octanol–water partition coefficient (Wildman–Crippen LogP) is 7.86. The van der Waals surface area contributed by atoms with E-state index in [4.69, 9.17) is 9.47 Å². The summed E-state index contributed by atoms with van der Waals surface area (Å²) in [6.45, 7) is 1.64. The van der Waals surface area contributed by atoms with E-state index in [-0.39, 0.29) is 5.82 Å². The van der Waals surface area contributed by atoms with Gasteiger partial charge in [0.1, 0.15) is 5.82 Å². The van der Waals surface area contributed by atoms with Crippen molar-refractivity contribution in [3.05, 3.63) is 35.1 Å². The second kappa shape index (κ2) is 12.0. The molecule has 0 saturated heterocycles. The molecule has 0 heterocycles. The van der Waals surface area contributed by atoms with E-state index in [9.17, 15) is 0 Å². The topological polar surface area (TPSA) is 18.5 Å². The van der Waals surface area contributed by atoms with Gasteiger partial charge in [0.25, 0.3) is 0 Å². The van der Waals surface area contributed by atoms with Crippen molar-refractivity contribution < 1.29 is 13.9 Å². The van der Waals surface area contributed by atoms with Gasteiger partial charge in [-0.05, 0) is 111 Å². The summed E-state index contributed by atoms with van der Waals surface area (Å²) in [7, 11) is 3.61. The summed E-state index contributed by atoms with van der Waals surface area (Å²) in [4.78, 5) is 0. The summed E-state index contributed by atoms with van der Waals surface area (Å²) in [6.07, 6.45) is 16.7. The van der Waals surface area contributed by atoms with Gasteiger partial charge in [-0.1, -0.05) is 31.4 Å². The summed E-state index contributed by atoms with van der Waals surface area (Å²) in [5, 5.41) is 0. The first-order chi connectivity index (χ1) is 15.7. The Hall–Kier alpha value is -0.930. The van der Waals surface area contributed by atoms with Gasteiger partial charge < -0.3 is 9.47 Å². The van der Waals surface area contributed by atoms with Crippen LogP contribution in [0.25, 0.3) is 0 Å². The molecule has 0 N–H and O–H groups in total. The van der Waals surface area contributed by atoms with Crippen LogP contribution in [0.4, 0.5) is 4.39 Å². The molecule has 1 aromatic rings. The highest BCUT2D eigenvalue weighted by Crippen LogP contribution is 2.45. The van der Waals surface area contributed by atoms with Gasteiger partial charge in [0.2, 0.25) is 0 Å². The summed E-state index contributed by atoms with van der Waals surface area (Å²) >= 11 is 0. The lowest BCUT2D eigenvalue weighted by molar-refractivity contribution is 0.0311. The van der Waals surface area contributed by atoms with E-state index in [1.54, 1.807) is 14.2 Å². The molecular formula is C29H45FO2. The highest BCUT2D eigenvalue weighted by Gasteiger charge is 2.34. The standard InChI is InChI=1S/C29H45FO2/c1-31-19-27(20-32-2)24-10-8-22(9-11-24)23-12-14-25(15-13-23)28-17-16-26(18-29(28)30)21-6-4-3-5-7-21/h16-18,21-25,27H,3-15,19-20H2,1-2H3. The van der Waals surface area contributed by atoms with Crippen molar-refractivity contribution in [1.82, 2.24) is 0 Å². The summed E-state index contributed by atoms with van der Waals surface area (Å²) in [5.74, 6) is 4.10. The molecular weight excluding hydrogens is 399 g/mol. The highest BCUT2D eigenvalue weighted by atomic mass is 19.1. The third-order valence-electron chi connectivity index (χ3n) is 9.22. The SMILES string of the molecule is COCC(COC)C1CCC(C2CCC(c3ccc(C4CCCCC4)cc3F)CC2)CC1. The van der Waals surface area contributed by atoms with E-state index in [1.165, 1.54) is 89.0 Å². The van der Waals surface area contributed by atoms with E-state index in [1.807, 2.05) is 6.07 Å². The monoisotopic (exact) mass is 444 g/mol. The Morgan fingerprint density at radius 2 is 1.34 bits per heavy atom. The number of benzene rings is 1. The Balaban J connectivity index is 1.26. The molecule has 0 bridgehead atoms. The van der Waals surface area contributed by atoms with Crippen LogP contribution < -0.4 is 0 Å². The van der Waals surface area contributed by atoms with Crippen LogP contribution in [-0.4, -0.2) is 27.4 Å². The lowest BCUT2D eigenvalue weighted by atomic mass is 9.67. The number of rotatable bonds is 8. The molecule has 3 fully saturated rings. The molecule has 0 unspecified atom stereocenters. The lowest BCUT2D eigenvalue weighted by Gasteiger charge is -2.39. The van der Waals surface area contributed by atoms with Crippen molar-refractivity contribution >= 4 is 0 Å². The molecule has 0 aliphatic heterocycles. The van der Waals surface area contributed by atoms with Crippen molar-refractivity contribution in [2.24, 2.45) is 23.7 Å². The van der Waals surface area contributed by atoms with Gasteiger partial charge in [-0.2, -0.15) is 0 Å². The second-order valence-electron chi connectivity index (χ2n) is 11.1. The fourth-order valence-corrected chi connectivity index (χ4v) is 7.30. The molecule has 2 nitrogen and oxygen atoms in total. The average Bonchev–Trinajstić information content (AvgIpc) is 2.85. The lowest BCUT2D eigenvalue weighted by Crippen LogP contribution is -2.31. The van der Waals surface area contributed by atoms with Gasteiger partial charge >= 0.3 is 0 Å². The van der Waals surface area contributed by atoms with Crippen LogP contribution in [0.5, 0.6) is 0 Å². The molecule has 4 rings (SSSR count). The van der Waals surface area contributed by atoms with Crippen LogP contribution in [0.2, 0.25) is 0 Å². The molecule has 180 valence electrons. The van der Waals surface area contributed by atoms with Gasteiger partial charge in [-0.15, -0.1) is 0 Å². The molecule has 32 heavy (non-hydrogen) atoms. The Labute approximate surface area is 195 Å². The number of halogens is 1. The maximum atomic E-state index is 15.1. The highest BCUT2D eigenvalue weighted by molar-refractivity contribution is 5.30. The third kappa shape index (κ3) is 5.95. The molecule has 3 heteroatoms. The zero-order chi connectivity index (χ0) is 22.3. The molecule has 0 radical (unpaired) electrons. The summed E-state index contributed by atoms with van der Waals surface area (Å²) in [5.41, 5.74) is 2.24. The minimum atomic E-state index is 0.0689. The molecule has 3 saturated carbocycles. The molecule has 3 aliphatic carbocycles. The van der Waals surface area contributed by atoms with Crippen LogP contribution in [0.1, 0.15) is 106 Å². The van der Waals surface area contributed by atoms with Crippen molar-refractivity contribution in [2.75, 3.05) is 27.4 Å². The quantitative estimate of drug-likeness (QED) is 0.406. The van der Waals surface area contributed by atoms with Gasteiger partial charge in [0.15, 0.2) is 0 Å². The van der Waals surface area contributed by atoms with E-state index in [0.717, 1.165) is 36.5 Å². The fraction of sp³-hybridized carbons (Fsp3) is 0.793. The van der Waals surface area contributed by atoms with Crippen LogP contribution >= 0.6 is 0 Å². The van der Waals surface area contributed by atoms with Crippen LogP contribution in [0.15, 0.2) is 18.2 Å². The van der Waals surface area contributed by atoms with Gasteiger partial charge in [0, 0.05) is 20.1 Å². The van der Waals surface area contributed by atoms with Crippen LogP contribution in [0.3, 0.4) is 0 Å². The van der Waals surface area contributed by atoms with Gasteiger partial charge in [-0.25, -0.2) is 4.39 Å². The predicted molar refractivity (Wildman–Crippen MR) is 130 cm³/mol. The Bertz CT molecular complexity index is 676. The zero-order valence-electron chi connectivity index (χ0n) is 20.5. The van der Waals surface area contributed by atoms with Crippen LogP contribution in [-0.2, 0) is 9.47 Å². The van der Waals surface area contributed by atoms with Crippen molar-refractivity contribution in [3.8, 4) is 0 Å². The minimum Gasteiger partial charge on any atom is -0.384 e. The van der Waals surface area contributed by atoms with Gasteiger partial charge in [0.05, 0.1) is 13.2 Å². The van der Waals surface area contributed by atoms with E-state index >= 15 is 4.39 Å². The van der Waals surface area contributed by atoms with Crippen molar-refractivity contribution in [2.45, 2.75) is 95.3 Å². The first-order valence-electron chi connectivity index (χ1n) is 13.5. The number of ether oxygens (including phenoxy) is 2. The third-order valence-corrected chi connectivity index (χ3v) is 9.22. The smallest absolute Gasteiger partial charge is 0.126 e. The minimum absolute atomic E-state index is 0.0689. The number of methoxy groups -OCH3 is 2. The number of hydrogen-bond donors (Lipinski definition) is 0. The largest absolute Gasteiger partial charge is 0.384 e. The van der Waals surface area contributed by atoms with E-state index in [2.05, 4.69) is 12.1 Å².